The summed E-state index contributed by atoms with van der Waals surface area (Å²) in [5.74, 6) is -0.473. The molecule has 0 fully saturated rings. The van der Waals surface area contributed by atoms with Gasteiger partial charge in [0, 0.05) is 18.4 Å². The van der Waals surface area contributed by atoms with Gasteiger partial charge in [-0.15, -0.1) is 0 Å². The van der Waals surface area contributed by atoms with Crippen molar-refractivity contribution in [1.82, 2.24) is 0 Å². The summed E-state index contributed by atoms with van der Waals surface area (Å²) in [4.78, 5) is 0. The van der Waals surface area contributed by atoms with Crippen molar-refractivity contribution in [2.45, 2.75) is 51.9 Å². The minimum Gasteiger partial charge on any atom is -0.407 e. The van der Waals surface area contributed by atoms with Crippen LogP contribution < -0.4 is 10.4 Å². The first-order chi connectivity index (χ1) is 16.7. The zero-order valence-electron chi connectivity index (χ0n) is 21.6. The maximum absolute atomic E-state index is 11.1. The number of aliphatic hydroxyl groups is 2. The van der Waals surface area contributed by atoms with Gasteiger partial charge in [-0.1, -0.05) is 138 Å². The average Bonchev–Trinajstić information content (AvgIpc) is 2.87. The first-order valence-electron chi connectivity index (χ1n) is 12.5. The topological polar surface area (TPSA) is 49.7 Å². The summed E-state index contributed by atoms with van der Waals surface area (Å²) >= 11 is 0. The van der Waals surface area contributed by atoms with E-state index in [1.165, 1.54) is 10.4 Å². The molecule has 35 heavy (non-hydrogen) atoms. The van der Waals surface area contributed by atoms with Gasteiger partial charge in [0.1, 0.15) is 0 Å². The maximum Gasteiger partial charge on any atom is 0.261 e. The predicted molar refractivity (Wildman–Crippen MR) is 149 cm³/mol. The van der Waals surface area contributed by atoms with Crippen molar-refractivity contribution in [3.8, 4) is 0 Å². The maximum atomic E-state index is 11.1. The van der Waals surface area contributed by atoms with Crippen LogP contribution in [0.2, 0.25) is 5.04 Å². The lowest BCUT2D eigenvalue weighted by molar-refractivity contribution is -0.00183. The Morgan fingerprint density at radius 3 is 1.69 bits per heavy atom. The molecular formula is C31H40O3Si. The highest BCUT2D eigenvalue weighted by molar-refractivity contribution is 6.99. The van der Waals surface area contributed by atoms with Crippen molar-refractivity contribution in [2.24, 2.45) is 11.8 Å². The molecule has 0 aliphatic heterocycles. The number of aliphatic hydroxyl groups excluding tert-OH is 2. The molecule has 0 heterocycles. The quantitative estimate of drug-likeness (QED) is 0.382. The minimum atomic E-state index is -2.67. The Kier molecular flexibility index (Phi) is 9.25. The molecule has 186 valence electrons. The van der Waals surface area contributed by atoms with E-state index in [0.29, 0.717) is 6.61 Å². The lowest BCUT2D eigenvalue weighted by Gasteiger charge is -2.44. The van der Waals surface area contributed by atoms with Crippen LogP contribution >= 0.6 is 0 Å². The van der Waals surface area contributed by atoms with Crippen LogP contribution in [0, 0.1) is 11.8 Å². The molecular weight excluding hydrogens is 448 g/mol. The van der Waals surface area contributed by atoms with Crippen LogP contribution in [0.3, 0.4) is 0 Å². The van der Waals surface area contributed by atoms with E-state index in [4.69, 9.17) is 4.43 Å². The third kappa shape index (κ3) is 6.39. The fourth-order valence-electron chi connectivity index (χ4n) is 4.79. The highest BCUT2D eigenvalue weighted by Crippen LogP contribution is 2.37. The molecule has 0 saturated heterocycles. The van der Waals surface area contributed by atoms with Crippen molar-refractivity contribution in [2.75, 3.05) is 6.61 Å². The van der Waals surface area contributed by atoms with Gasteiger partial charge in [0.2, 0.25) is 0 Å². The Balaban J connectivity index is 1.81. The Bertz CT molecular complexity index is 1010. The van der Waals surface area contributed by atoms with Gasteiger partial charge in [0.05, 0.1) is 12.2 Å². The van der Waals surface area contributed by atoms with Gasteiger partial charge in [-0.2, -0.15) is 0 Å². The lowest BCUT2D eigenvalue weighted by atomic mass is 9.89. The van der Waals surface area contributed by atoms with Crippen LogP contribution in [-0.4, -0.2) is 37.3 Å². The van der Waals surface area contributed by atoms with Gasteiger partial charge in [0.25, 0.3) is 8.32 Å². The molecule has 4 heteroatoms. The van der Waals surface area contributed by atoms with E-state index < -0.39 is 20.5 Å². The summed E-state index contributed by atoms with van der Waals surface area (Å²) in [5.41, 5.74) is 1.02. The van der Waals surface area contributed by atoms with Crippen molar-refractivity contribution in [3.63, 3.8) is 0 Å². The van der Waals surface area contributed by atoms with Crippen molar-refractivity contribution < 1.29 is 14.6 Å². The standard InChI is InChI=1S/C31H40O3Si/c1-24(30(33)25(2)29(32)22-21-26-15-9-6-10-16-26)23-34-35(31(3,4)5,27-17-11-7-12-18-27)28-19-13-8-14-20-28/h6-22,24-25,29-30,32-33H,23H2,1-5H3/b22-21+/t24-,25+,29-,30-/m0/s1. The molecule has 3 aromatic rings. The molecule has 0 spiro atoms. The van der Waals surface area contributed by atoms with E-state index >= 15 is 0 Å². The summed E-state index contributed by atoms with van der Waals surface area (Å²) < 4.78 is 6.99. The molecule has 3 nitrogen and oxygen atoms in total. The molecule has 0 radical (unpaired) electrons. The molecule has 0 unspecified atom stereocenters. The molecule has 0 aliphatic carbocycles. The molecule has 0 saturated carbocycles. The SMILES string of the molecule is C[C@@H]([C@@H](O)[C@@H](C)CO[Si](c1ccccc1)(c1ccccc1)C(C)(C)C)[C@@H](O)/C=C/c1ccccc1. The van der Waals surface area contributed by atoms with Crippen LogP contribution in [0.1, 0.15) is 40.2 Å². The first-order valence-corrected chi connectivity index (χ1v) is 14.4. The minimum absolute atomic E-state index is 0.121. The van der Waals surface area contributed by atoms with Crippen molar-refractivity contribution >= 4 is 24.8 Å². The largest absolute Gasteiger partial charge is 0.407 e. The second-order valence-electron chi connectivity index (χ2n) is 10.6. The van der Waals surface area contributed by atoms with Gasteiger partial charge in [-0.05, 0) is 21.0 Å². The Morgan fingerprint density at radius 2 is 1.23 bits per heavy atom. The van der Waals surface area contributed by atoms with E-state index in [1.54, 1.807) is 6.08 Å². The highest BCUT2D eigenvalue weighted by Gasteiger charge is 2.50. The Hall–Kier alpha value is -2.50. The molecule has 2 N–H and O–H groups in total. The van der Waals surface area contributed by atoms with Gasteiger partial charge in [-0.25, -0.2) is 0 Å². The van der Waals surface area contributed by atoms with E-state index in [0.717, 1.165) is 5.56 Å². The van der Waals surface area contributed by atoms with Gasteiger partial charge < -0.3 is 14.6 Å². The first kappa shape index (κ1) is 27.1. The molecule has 4 atom stereocenters. The summed E-state index contributed by atoms with van der Waals surface area (Å²) in [6, 6.07) is 30.9. The fourth-order valence-corrected chi connectivity index (χ4v) is 9.45. The highest BCUT2D eigenvalue weighted by atomic mass is 28.4. The van der Waals surface area contributed by atoms with Crippen LogP contribution in [0.15, 0.2) is 97.1 Å². The van der Waals surface area contributed by atoms with Crippen LogP contribution in [-0.2, 0) is 4.43 Å². The summed E-state index contributed by atoms with van der Waals surface area (Å²) in [5, 5.41) is 24.2. The third-order valence-corrected chi connectivity index (χ3v) is 11.9. The number of hydrogen-bond donors (Lipinski definition) is 2. The zero-order valence-corrected chi connectivity index (χ0v) is 22.6. The number of hydrogen-bond acceptors (Lipinski definition) is 3. The van der Waals surface area contributed by atoms with Gasteiger partial charge in [0.15, 0.2) is 0 Å². The van der Waals surface area contributed by atoms with Crippen molar-refractivity contribution in [3.05, 3.63) is 103 Å². The molecule has 0 aromatic heterocycles. The second kappa shape index (κ2) is 12.0. The second-order valence-corrected chi connectivity index (χ2v) is 14.9. The smallest absolute Gasteiger partial charge is 0.261 e. The Morgan fingerprint density at radius 1 is 0.771 bits per heavy atom. The fraction of sp³-hybridized carbons (Fsp3) is 0.355. The van der Waals surface area contributed by atoms with Crippen LogP contribution in [0.25, 0.3) is 6.08 Å². The normalized spacial score (nSPS) is 16.1. The van der Waals surface area contributed by atoms with Gasteiger partial charge >= 0.3 is 0 Å². The predicted octanol–water partition coefficient (Wildman–Crippen LogP) is 5.27. The summed E-state index contributed by atoms with van der Waals surface area (Å²) in [6.45, 7) is 11.1. The van der Waals surface area contributed by atoms with Crippen LogP contribution in [0.5, 0.6) is 0 Å². The lowest BCUT2D eigenvalue weighted by Crippen LogP contribution is -2.67. The molecule has 0 bridgehead atoms. The van der Waals surface area contributed by atoms with E-state index in [9.17, 15) is 10.2 Å². The molecule has 0 aliphatic rings. The third-order valence-electron chi connectivity index (χ3n) is 6.93. The monoisotopic (exact) mass is 488 g/mol. The summed E-state index contributed by atoms with van der Waals surface area (Å²) in [6.07, 6.45) is 2.21. The van der Waals surface area contributed by atoms with E-state index in [-0.39, 0.29) is 16.9 Å². The Labute approximate surface area is 212 Å². The molecule has 3 rings (SSSR count). The number of rotatable bonds is 10. The zero-order chi connectivity index (χ0) is 25.5. The summed E-state index contributed by atoms with van der Waals surface area (Å²) in [7, 11) is -2.67. The van der Waals surface area contributed by atoms with Crippen LogP contribution in [0.4, 0.5) is 0 Å². The van der Waals surface area contributed by atoms with E-state index in [1.807, 2.05) is 62.4 Å². The molecule has 0 amide bonds. The van der Waals surface area contributed by atoms with Crippen molar-refractivity contribution in [1.29, 1.82) is 0 Å². The van der Waals surface area contributed by atoms with Gasteiger partial charge in [-0.3, -0.25) is 0 Å². The average molecular weight is 489 g/mol. The number of benzene rings is 3. The molecule has 3 aromatic carbocycles. The van der Waals surface area contributed by atoms with E-state index in [2.05, 4.69) is 69.3 Å².